The molecule has 0 bridgehead atoms. The number of hydrogen-bond acceptors (Lipinski definition) is 6. The Kier molecular flexibility index (Phi) is 7.04. The number of ether oxygens (including phenoxy) is 2. The molecule has 2 aromatic carbocycles. The predicted octanol–water partition coefficient (Wildman–Crippen LogP) is 5.25. The molecule has 7 nitrogen and oxygen atoms in total. The summed E-state index contributed by atoms with van der Waals surface area (Å²) in [4.78, 5) is 17.3. The van der Waals surface area contributed by atoms with Crippen LogP contribution in [0.5, 0.6) is 11.5 Å². The molecule has 8 heteroatoms. The van der Waals surface area contributed by atoms with Gasteiger partial charge >= 0.3 is 0 Å². The van der Waals surface area contributed by atoms with Crippen LogP contribution in [0.4, 0.5) is 5.69 Å². The van der Waals surface area contributed by atoms with Gasteiger partial charge in [-0.2, -0.15) is 0 Å². The van der Waals surface area contributed by atoms with Crippen LogP contribution < -0.4 is 14.8 Å². The van der Waals surface area contributed by atoms with Crippen LogP contribution in [-0.2, 0) is 11.3 Å². The van der Waals surface area contributed by atoms with Gasteiger partial charge in [0.1, 0.15) is 17.3 Å². The number of aromatic nitrogens is 2. The number of aryl methyl sites for hydroxylation is 1. The van der Waals surface area contributed by atoms with E-state index in [9.17, 15) is 4.79 Å². The Balaban J connectivity index is 1.53. The molecule has 0 unspecified atom stereocenters. The number of nitrogens with zero attached hydrogens (tertiary/aromatic N) is 2. The number of thioether (sulfide) groups is 1. The van der Waals surface area contributed by atoms with E-state index in [1.165, 1.54) is 11.8 Å². The maximum atomic E-state index is 12.7. The van der Waals surface area contributed by atoms with Crippen LogP contribution >= 0.6 is 11.8 Å². The lowest BCUT2D eigenvalue weighted by atomic mass is 10.1. The second kappa shape index (κ2) is 10.3. The number of furan rings is 1. The average molecular weight is 464 g/mol. The Morgan fingerprint density at radius 3 is 2.64 bits per heavy atom. The van der Waals surface area contributed by atoms with Gasteiger partial charge in [-0.05, 0) is 61.0 Å². The zero-order valence-corrected chi connectivity index (χ0v) is 19.5. The zero-order chi connectivity index (χ0) is 23.2. The van der Waals surface area contributed by atoms with Crippen molar-refractivity contribution in [2.75, 3.05) is 25.3 Å². The van der Waals surface area contributed by atoms with Crippen LogP contribution in [0.2, 0.25) is 0 Å². The normalized spacial score (nSPS) is 10.8. The highest BCUT2D eigenvalue weighted by atomic mass is 32.2. The Hall–Kier alpha value is -3.65. The summed E-state index contributed by atoms with van der Waals surface area (Å²) < 4.78 is 18.2. The smallest absolute Gasteiger partial charge is 0.234 e. The lowest BCUT2D eigenvalue weighted by molar-refractivity contribution is -0.113. The van der Waals surface area contributed by atoms with Crippen LogP contribution in [0.1, 0.15) is 11.3 Å². The summed E-state index contributed by atoms with van der Waals surface area (Å²) in [6, 6.07) is 17.2. The third-order valence-electron chi connectivity index (χ3n) is 5.06. The quantitative estimate of drug-likeness (QED) is 0.342. The summed E-state index contributed by atoms with van der Waals surface area (Å²) in [7, 11) is 3.23. The van der Waals surface area contributed by atoms with E-state index in [0.29, 0.717) is 18.0 Å². The van der Waals surface area contributed by atoms with Gasteiger partial charge in [-0.15, -0.1) is 0 Å². The SMILES string of the molecule is COc1ccc(-c2cnc(SCC(=O)Nc3cc(C)ccc3OC)n2Cc2ccco2)cc1. The van der Waals surface area contributed by atoms with Crippen molar-refractivity contribution in [2.24, 2.45) is 0 Å². The van der Waals surface area contributed by atoms with Crippen LogP contribution in [0.3, 0.4) is 0 Å². The third-order valence-corrected chi connectivity index (χ3v) is 6.05. The number of amides is 1. The van der Waals surface area contributed by atoms with Crippen LogP contribution in [-0.4, -0.2) is 35.4 Å². The predicted molar refractivity (Wildman–Crippen MR) is 129 cm³/mol. The van der Waals surface area contributed by atoms with Crippen molar-refractivity contribution in [1.82, 2.24) is 9.55 Å². The fourth-order valence-electron chi connectivity index (χ4n) is 3.41. The largest absolute Gasteiger partial charge is 0.497 e. The lowest BCUT2D eigenvalue weighted by Gasteiger charge is -2.12. The Morgan fingerprint density at radius 1 is 1.12 bits per heavy atom. The number of nitrogens with one attached hydrogen (secondary N) is 1. The maximum absolute atomic E-state index is 12.7. The lowest BCUT2D eigenvalue weighted by Crippen LogP contribution is -2.15. The minimum Gasteiger partial charge on any atom is -0.497 e. The van der Waals surface area contributed by atoms with E-state index in [0.717, 1.165) is 33.5 Å². The summed E-state index contributed by atoms with van der Waals surface area (Å²) >= 11 is 1.37. The maximum Gasteiger partial charge on any atom is 0.234 e. The fourth-order valence-corrected chi connectivity index (χ4v) is 4.19. The van der Waals surface area contributed by atoms with Crippen molar-refractivity contribution in [3.63, 3.8) is 0 Å². The molecule has 4 aromatic rings. The summed E-state index contributed by atoms with van der Waals surface area (Å²) in [5.74, 6) is 2.28. The fraction of sp³-hybridized carbons (Fsp3) is 0.200. The second-order valence-corrected chi connectivity index (χ2v) is 8.30. The number of rotatable bonds is 9. The number of hydrogen-bond donors (Lipinski definition) is 1. The highest BCUT2D eigenvalue weighted by molar-refractivity contribution is 7.99. The number of benzene rings is 2. The molecule has 170 valence electrons. The third kappa shape index (κ3) is 5.40. The first-order chi connectivity index (χ1) is 16.1. The molecule has 0 atom stereocenters. The molecule has 0 spiro atoms. The van der Waals surface area contributed by atoms with E-state index in [1.54, 1.807) is 20.5 Å². The van der Waals surface area contributed by atoms with Crippen molar-refractivity contribution in [3.05, 3.63) is 78.4 Å². The van der Waals surface area contributed by atoms with E-state index >= 15 is 0 Å². The molecule has 4 rings (SSSR count). The number of carbonyl (C=O) groups excluding carboxylic acids is 1. The summed E-state index contributed by atoms with van der Waals surface area (Å²) in [5.41, 5.74) is 3.62. The number of anilines is 1. The molecule has 0 aliphatic carbocycles. The molecule has 0 radical (unpaired) electrons. The van der Waals surface area contributed by atoms with Crippen molar-refractivity contribution in [3.8, 4) is 22.8 Å². The summed E-state index contributed by atoms with van der Waals surface area (Å²) in [6.45, 7) is 2.47. The number of methoxy groups -OCH3 is 2. The minimum atomic E-state index is -0.137. The molecular weight excluding hydrogens is 438 g/mol. The van der Waals surface area contributed by atoms with Crippen molar-refractivity contribution in [2.45, 2.75) is 18.6 Å². The zero-order valence-electron chi connectivity index (χ0n) is 18.7. The molecule has 2 aromatic heterocycles. The van der Waals surface area contributed by atoms with Gasteiger partial charge in [-0.3, -0.25) is 4.79 Å². The van der Waals surface area contributed by atoms with Crippen LogP contribution in [0.25, 0.3) is 11.3 Å². The van der Waals surface area contributed by atoms with Gasteiger partial charge in [0.05, 0.1) is 50.4 Å². The van der Waals surface area contributed by atoms with Crippen LogP contribution in [0.15, 0.2) is 76.6 Å². The van der Waals surface area contributed by atoms with Gasteiger partial charge in [0, 0.05) is 5.56 Å². The van der Waals surface area contributed by atoms with Gasteiger partial charge in [-0.1, -0.05) is 17.8 Å². The Labute approximate surface area is 196 Å². The van der Waals surface area contributed by atoms with E-state index in [2.05, 4.69) is 10.3 Å². The first-order valence-electron chi connectivity index (χ1n) is 10.4. The Bertz CT molecular complexity index is 1220. The van der Waals surface area contributed by atoms with E-state index in [-0.39, 0.29) is 11.7 Å². The van der Waals surface area contributed by atoms with Gasteiger partial charge in [0.2, 0.25) is 5.91 Å². The number of imidazole rings is 1. The van der Waals surface area contributed by atoms with Gasteiger partial charge in [0.15, 0.2) is 5.16 Å². The molecule has 0 aliphatic rings. The van der Waals surface area contributed by atoms with E-state index < -0.39 is 0 Å². The first kappa shape index (κ1) is 22.5. The summed E-state index contributed by atoms with van der Waals surface area (Å²) in [5, 5.41) is 3.66. The summed E-state index contributed by atoms with van der Waals surface area (Å²) in [6.07, 6.45) is 3.46. The standard InChI is InChI=1S/C25H25N3O4S/c1-17-6-11-23(31-3)21(13-17)27-24(29)16-33-25-26-14-22(18-7-9-19(30-2)10-8-18)28(25)15-20-5-4-12-32-20/h4-14H,15-16H2,1-3H3,(H,27,29). The monoisotopic (exact) mass is 463 g/mol. The van der Waals surface area contributed by atoms with Gasteiger partial charge < -0.3 is 23.8 Å². The molecule has 1 N–H and O–H groups in total. The van der Waals surface area contributed by atoms with Crippen molar-refractivity contribution < 1.29 is 18.7 Å². The topological polar surface area (TPSA) is 78.5 Å². The second-order valence-electron chi connectivity index (χ2n) is 7.36. The molecule has 1 amide bonds. The highest BCUT2D eigenvalue weighted by Gasteiger charge is 2.16. The molecule has 0 saturated heterocycles. The highest BCUT2D eigenvalue weighted by Crippen LogP contribution is 2.30. The molecular formula is C25H25N3O4S. The Morgan fingerprint density at radius 2 is 1.94 bits per heavy atom. The van der Waals surface area contributed by atoms with E-state index in [4.69, 9.17) is 13.9 Å². The molecule has 0 aliphatic heterocycles. The molecule has 0 fully saturated rings. The van der Waals surface area contributed by atoms with Gasteiger partial charge in [0.25, 0.3) is 0 Å². The number of carbonyl (C=O) groups is 1. The van der Waals surface area contributed by atoms with Crippen LogP contribution in [0, 0.1) is 6.92 Å². The van der Waals surface area contributed by atoms with Gasteiger partial charge in [-0.25, -0.2) is 4.98 Å². The first-order valence-corrected chi connectivity index (χ1v) is 11.4. The van der Waals surface area contributed by atoms with Crippen molar-refractivity contribution >= 4 is 23.4 Å². The molecule has 2 heterocycles. The molecule has 33 heavy (non-hydrogen) atoms. The average Bonchev–Trinajstić information content (AvgIpc) is 3.48. The minimum absolute atomic E-state index is 0.137. The van der Waals surface area contributed by atoms with Crippen molar-refractivity contribution in [1.29, 1.82) is 0 Å². The van der Waals surface area contributed by atoms with E-state index in [1.807, 2.05) is 72.3 Å². The molecule has 0 saturated carbocycles.